The number of rotatable bonds is 7. The first-order valence-electron chi connectivity index (χ1n) is 15.0. The highest BCUT2D eigenvalue weighted by atomic mass is 35.5. The Hall–Kier alpha value is -2.79. The van der Waals surface area contributed by atoms with Crippen molar-refractivity contribution in [2.75, 3.05) is 44.6 Å². The predicted molar refractivity (Wildman–Crippen MR) is 167 cm³/mol. The Kier molecular flexibility index (Phi) is 9.29. The normalized spacial score (nSPS) is 25.3. The number of amides is 3. The van der Waals surface area contributed by atoms with E-state index in [0.717, 1.165) is 19.6 Å². The first kappa shape index (κ1) is 32.6. The van der Waals surface area contributed by atoms with E-state index in [0.29, 0.717) is 49.3 Å². The molecule has 44 heavy (non-hydrogen) atoms. The molecule has 0 aliphatic carbocycles. The molecule has 0 aromatic heterocycles. The summed E-state index contributed by atoms with van der Waals surface area (Å²) in [5.74, 6) is -2.77. The number of carbonyl (C=O) groups excluding carboxylic acids is 3. The van der Waals surface area contributed by atoms with Crippen LogP contribution in [0.1, 0.15) is 57.6 Å². The number of halogens is 4. The van der Waals surface area contributed by atoms with E-state index in [4.69, 9.17) is 23.2 Å². The fraction of sp³-hybridized carbons (Fsp3) is 0.531. The third-order valence-electron chi connectivity index (χ3n) is 9.05. The molecule has 238 valence electrons. The van der Waals surface area contributed by atoms with Gasteiger partial charge in [-0.15, -0.1) is 0 Å². The highest BCUT2D eigenvalue weighted by Crippen LogP contribution is 2.57. The molecule has 0 unspecified atom stereocenters. The Morgan fingerprint density at radius 3 is 2.36 bits per heavy atom. The highest BCUT2D eigenvalue weighted by Gasteiger charge is 2.66. The molecule has 3 N–H and O–H groups in total. The first-order chi connectivity index (χ1) is 20.7. The van der Waals surface area contributed by atoms with Crippen molar-refractivity contribution in [2.24, 2.45) is 5.41 Å². The van der Waals surface area contributed by atoms with Crippen molar-refractivity contribution < 1.29 is 23.2 Å². The summed E-state index contributed by atoms with van der Waals surface area (Å²) in [6, 6.07) is 5.39. The van der Waals surface area contributed by atoms with Crippen molar-refractivity contribution in [3.63, 3.8) is 0 Å². The quantitative estimate of drug-likeness (QED) is 0.379. The molecule has 1 spiro atoms. The van der Waals surface area contributed by atoms with Crippen molar-refractivity contribution in [3.05, 3.63) is 63.1 Å². The van der Waals surface area contributed by atoms with Crippen LogP contribution in [0.3, 0.4) is 0 Å². The maximum atomic E-state index is 15.1. The van der Waals surface area contributed by atoms with E-state index in [9.17, 15) is 18.8 Å². The van der Waals surface area contributed by atoms with Crippen LogP contribution >= 0.6 is 23.2 Å². The summed E-state index contributed by atoms with van der Waals surface area (Å²) in [4.78, 5) is 43.9. The van der Waals surface area contributed by atoms with Gasteiger partial charge in [0.15, 0.2) is 0 Å². The lowest BCUT2D eigenvalue weighted by Crippen LogP contribution is -2.49. The smallest absolute Gasteiger partial charge is 0.237 e. The number of nitrogens with one attached hydrogen (secondary N) is 3. The van der Waals surface area contributed by atoms with Crippen LogP contribution < -0.4 is 16.0 Å². The molecule has 0 bridgehead atoms. The Labute approximate surface area is 266 Å². The third kappa shape index (κ3) is 6.18. The van der Waals surface area contributed by atoms with Gasteiger partial charge in [-0.2, -0.15) is 0 Å². The van der Waals surface area contributed by atoms with Crippen LogP contribution in [0, 0.1) is 17.0 Å². The van der Waals surface area contributed by atoms with E-state index in [2.05, 4.69) is 20.9 Å². The number of benzene rings is 2. The molecule has 0 saturated carbocycles. The predicted octanol–water partition coefficient (Wildman–Crippen LogP) is 4.69. The summed E-state index contributed by atoms with van der Waals surface area (Å²) in [6.45, 7) is 11.7. The number of anilines is 1. The molecule has 2 fully saturated rings. The fourth-order valence-electron chi connectivity index (χ4n) is 7.05. The number of carbonyl (C=O) groups is 3. The van der Waals surface area contributed by atoms with Gasteiger partial charge in [0.2, 0.25) is 17.7 Å². The lowest BCUT2D eigenvalue weighted by atomic mass is 9.62. The van der Waals surface area contributed by atoms with Gasteiger partial charge >= 0.3 is 0 Å². The van der Waals surface area contributed by atoms with Gasteiger partial charge in [-0.25, -0.2) is 8.78 Å². The van der Waals surface area contributed by atoms with E-state index in [1.807, 2.05) is 25.7 Å². The maximum absolute atomic E-state index is 15.1. The van der Waals surface area contributed by atoms with Gasteiger partial charge < -0.3 is 20.9 Å². The fourth-order valence-corrected chi connectivity index (χ4v) is 7.40. The zero-order valence-electron chi connectivity index (χ0n) is 25.4. The van der Waals surface area contributed by atoms with E-state index in [1.165, 1.54) is 30.3 Å². The molecule has 5 rings (SSSR count). The molecule has 2 aromatic rings. The minimum absolute atomic E-state index is 0.0740. The molecule has 2 aromatic carbocycles. The van der Waals surface area contributed by atoms with Gasteiger partial charge in [0.25, 0.3) is 0 Å². The van der Waals surface area contributed by atoms with Gasteiger partial charge in [-0.3, -0.25) is 19.3 Å². The summed E-state index contributed by atoms with van der Waals surface area (Å²) >= 11 is 12.4. The average molecular weight is 651 g/mol. The first-order valence-corrected chi connectivity index (χ1v) is 15.8. The maximum Gasteiger partial charge on any atom is 0.237 e. The molecule has 4 atom stereocenters. The Balaban J connectivity index is 1.46. The van der Waals surface area contributed by atoms with Crippen molar-refractivity contribution in [2.45, 2.75) is 64.0 Å². The van der Waals surface area contributed by atoms with Crippen LogP contribution in [0.2, 0.25) is 10.0 Å². The molecule has 2 saturated heterocycles. The average Bonchev–Trinajstić information content (AvgIpc) is 3.42. The summed E-state index contributed by atoms with van der Waals surface area (Å²) in [7, 11) is 0. The van der Waals surface area contributed by atoms with Crippen LogP contribution in [0.25, 0.3) is 0 Å². The number of fused-ring (bicyclic) bond motifs is 2. The van der Waals surface area contributed by atoms with E-state index in [1.54, 1.807) is 6.92 Å². The van der Waals surface area contributed by atoms with Gasteiger partial charge in [-0.05, 0) is 60.2 Å². The molecule has 3 aliphatic heterocycles. The van der Waals surface area contributed by atoms with Gasteiger partial charge in [0.1, 0.15) is 17.0 Å². The Morgan fingerprint density at radius 1 is 1.05 bits per heavy atom. The SMILES string of the molecule is CC(=O)N1CCN(CCCNC(=O)[C@@H]2N[C@H](CC(C)(C)C)[C@]3(C(=O)Nc4cc(Cl)c(F)cc43)[C@H]2c2ccc(F)c(Cl)c2)CC1. The second-order valence-corrected chi connectivity index (χ2v) is 14.1. The van der Waals surface area contributed by atoms with Gasteiger partial charge in [-0.1, -0.05) is 50.0 Å². The van der Waals surface area contributed by atoms with Crippen molar-refractivity contribution >= 4 is 46.6 Å². The Morgan fingerprint density at radius 2 is 1.73 bits per heavy atom. The van der Waals surface area contributed by atoms with Crippen molar-refractivity contribution in [1.82, 2.24) is 20.4 Å². The molecule has 12 heteroatoms. The third-order valence-corrected chi connectivity index (χ3v) is 9.63. The largest absolute Gasteiger partial charge is 0.355 e. The number of piperazine rings is 1. The topological polar surface area (TPSA) is 93.8 Å². The summed E-state index contributed by atoms with van der Waals surface area (Å²) in [5, 5.41) is 9.14. The molecule has 3 heterocycles. The lowest BCUT2D eigenvalue weighted by Gasteiger charge is -2.37. The number of hydrogen-bond donors (Lipinski definition) is 3. The summed E-state index contributed by atoms with van der Waals surface area (Å²) < 4.78 is 29.4. The summed E-state index contributed by atoms with van der Waals surface area (Å²) in [6.07, 6.45) is 1.17. The zero-order chi connectivity index (χ0) is 32.0. The van der Waals surface area contributed by atoms with Crippen LogP contribution in [0.5, 0.6) is 0 Å². The molecule has 0 radical (unpaired) electrons. The van der Waals surface area contributed by atoms with Crippen molar-refractivity contribution in [3.8, 4) is 0 Å². The molecule has 3 amide bonds. The highest BCUT2D eigenvalue weighted by molar-refractivity contribution is 6.31. The molecular formula is C32H39Cl2F2N5O3. The minimum Gasteiger partial charge on any atom is -0.355 e. The second kappa shape index (κ2) is 12.5. The van der Waals surface area contributed by atoms with Crippen LogP contribution in [-0.2, 0) is 19.8 Å². The molecular weight excluding hydrogens is 611 g/mol. The van der Waals surface area contributed by atoms with E-state index in [-0.39, 0.29) is 33.2 Å². The Bertz CT molecular complexity index is 1460. The molecule has 3 aliphatic rings. The van der Waals surface area contributed by atoms with Gasteiger partial charge in [0, 0.05) is 57.3 Å². The standard InChI is InChI=1S/C32H39Cl2F2N5O3/c1-18(42)41-12-10-40(11-13-41)9-5-8-37-29(43)28-27(19-6-7-23(35)21(33)14-19)32(26(39-28)17-31(2,3)4)20-15-24(36)22(34)16-25(20)38-30(32)44/h6-7,14-16,26-28,39H,5,8-13,17H2,1-4H3,(H,37,43)(H,38,44)/t26-,27+,28-,32+/m1/s1. The molecule has 8 nitrogen and oxygen atoms in total. The van der Waals surface area contributed by atoms with Crippen LogP contribution in [0.4, 0.5) is 14.5 Å². The summed E-state index contributed by atoms with van der Waals surface area (Å²) in [5.41, 5.74) is -0.417. The van der Waals surface area contributed by atoms with Crippen LogP contribution in [-0.4, -0.2) is 78.9 Å². The number of hydrogen-bond acceptors (Lipinski definition) is 5. The van der Waals surface area contributed by atoms with E-state index < -0.39 is 35.1 Å². The monoisotopic (exact) mass is 649 g/mol. The number of nitrogens with zero attached hydrogens (tertiary/aromatic N) is 2. The second-order valence-electron chi connectivity index (χ2n) is 13.2. The van der Waals surface area contributed by atoms with E-state index >= 15 is 4.39 Å². The zero-order valence-corrected chi connectivity index (χ0v) is 26.9. The van der Waals surface area contributed by atoms with Crippen molar-refractivity contribution in [1.29, 1.82) is 0 Å². The lowest BCUT2D eigenvalue weighted by molar-refractivity contribution is -0.130. The van der Waals surface area contributed by atoms with Gasteiger partial charge in [0.05, 0.1) is 16.1 Å². The van der Waals surface area contributed by atoms with Crippen LogP contribution in [0.15, 0.2) is 30.3 Å². The minimum atomic E-state index is -1.41.